The number of phosphoric acid groups is 1. The van der Waals surface area contributed by atoms with Gasteiger partial charge in [-0.25, -0.2) is 4.57 Å². The van der Waals surface area contributed by atoms with E-state index in [9.17, 15) is 19.0 Å². The SMILES string of the molecule is CCCCC/C=C\C/C=C\C/C=C\CCCCCCCCC(=O)OC(/C=C/CCCCCCCCCCC)C(COP(=O)(O)OCC[N+](C)(C)C)NC(=O)CCCCCCCCCCCCCCCCCC. The predicted molar refractivity (Wildman–Crippen MR) is 309 cm³/mol. The largest absolute Gasteiger partial charge is 0.472 e. The number of ether oxygens (including phenoxy) is 1. The van der Waals surface area contributed by atoms with Crippen molar-refractivity contribution in [2.24, 2.45) is 0 Å². The number of carbonyl (C=O) groups excluding carboxylic acids is 2. The van der Waals surface area contributed by atoms with Crippen molar-refractivity contribution in [3.63, 3.8) is 0 Å². The molecule has 422 valence electrons. The molecule has 0 saturated heterocycles. The maximum atomic E-state index is 13.5. The molecule has 1 amide bonds. The number of hydrogen-bond donors (Lipinski definition) is 2. The Balaban J connectivity index is 5.26. The molecule has 0 radical (unpaired) electrons. The van der Waals surface area contributed by atoms with Gasteiger partial charge in [0.1, 0.15) is 19.3 Å². The summed E-state index contributed by atoms with van der Waals surface area (Å²) >= 11 is 0. The molecular formula is C62H118N2O7P+. The van der Waals surface area contributed by atoms with Crippen molar-refractivity contribution in [2.75, 3.05) is 40.9 Å². The second kappa shape index (κ2) is 52.4. The average molecular weight is 1030 g/mol. The van der Waals surface area contributed by atoms with E-state index in [2.05, 4.69) is 62.5 Å². The second-order valence-electron chi connectivity index (χ2n) is 21.9. The molecule has 0 rings (SSSR count). The molecule has 9 nitrogen and oxygen atoms in total. The zero-order valence-electron chi connectivity index (χ0n) is 48.2. The van der Waals surface area contributed by atoms with Gasteiger partial charge in [-0.2, -0.15) is 0 Å². The van der Waals surface area contributed by atoms with Crippen LogP contribution in [0.2, 0.25) is 0 Å². The zero-order valence-corrected chi connectivity index (χ0v) is 49.1. The number of nitrogens with one attached hydrogen (secondary N) is 1. The highest BCUT2D eigenvalue weighted by atomic mass is 31.2. The van der Waals surface area contributed by atoms with Gasteiger partial charge in [-0.05, 0) is 70.3 Å². The first-order valence-electron chi connectivity index (χ1n) is 30.5. The number of likely N-dealkylation sites (N-methyl/N-ethyl adjacent to an activating group) is 1. The predicted octanol–water partition coefficient (Wildman–Crippen LogP) is 18.5. The fraction of sp³-hybridized carbons (Fsp3) is 0.839. The molecule has 0 aliphatic heterocycles. The summed E-state index contributed by atoms with van der Waals surface area (Å²) in [7, 11) is 1.49. The maximum absolute atomic E-state index is 13.5. The summed E-state index contributed by atoms with van der Waals surface area (Å²) in [5.74, 6) is -0.511. The van der Waals surface area contributed by atoms with Crippen LogP contribution in [0.4, 0.5) is 0 Å². The Morgan fingerprint density at radius 1 is 0.486 bits per heavy atom. The molecule has 0 heterocycles. The molecule has 0 aliphatic carbocycles. The molecule has 2 N–H and O–H groups in total. The van der Waals surface area contributed by atoms with Gasteiger partial charge in [-0.3, -0.25) is 18.6 Å². The topological polar surface area (TPSA) is 111 Å². The van der Waals surface area contributed by atoms with Crippen molar-refractivity contribution in [3.8, 4) is 0 Å². The van der Waals surface area contributed by atoms with Crippen LogP contribution in [-0.4, -0.2) is 74.3 Å². The van der Waals surface area contributed by atoms with Crippen LogP contribution in [0, 0.1) is 0 Å². The normalized spacial score (nSPS) is 14.0. The fourth-order valence-corrected chi connectivity index (χ4v) is 9.51. The molecule has 3 atom stereocenters. The van der Waals surface area contributed by atoms with Crippen molar-refractivity contribution in [3.05, 3.63) is 48.6 Å². The minimum absolute atomic E-state index is 0.0389. The highest BCUT2D eigenvalue weighted by molar-refractivity contribution is 7.47. The lowest BCUT2D eigenvalue weighted by Crippen LogP contribution is -2.47. The molecule has 10 heteroatoms. The van der Waals surface area contributed by atoms with Gasteiger partial charge in [-0.15, -0.1) is 0 Å². The first-order valence-corrected chi connectivity index (χ1v) is 32.0. The molecule has 72 heavy (non-hydrogen) atoms. The Morgan fingerprint density at radius 3 is 1.29 bits per heavy atom. The smallest absolute Gasteiger partial charge is 0.456 e. The van der Waals surface area contributed by atoms with E-state index in [0.717, 1.165) is 83.5 Å². The van der Waals surface area contributed by atoms with Crippen LogP contribution in [0.5, 0.6) is 0 Å². The van der Waals surface area contributed by atoms with Crippen LogP contribution in [0.3, 0.4) is 0 Å². The Hall–Kier alpha value is -2.03. The van der Waals surface area contributed by atoms with E-state index in [1.54, 1.807) is 0 Å². The molecule has 3 unspecified atom stereocenters. The summed E-state index contributed by atoms with van der Waals surface area (Å²) in [5, 5.41) is 3.05. The third-order valence-electron chi connectivity index (χ3n) is 13.5. The zero-order chi connectivity index (χ0) is 52.9. The van der Waals surface area contributed by atoms with Gasteiger partial charge in [0.2, 0.25) is 5.91 Å². The fourth-order valence-electron chi connectivity index (χ4n) is 8.77. The molecule has 0 spiro atoms. The van der Waals surface area contributed by atoms with E-state index in [1.807, 2.05) is 33.3 Å². The van der Waals surface area contributed by atoms with Crippen molar-refractivity contribution in [1.29, 1.82) is 0 Å². The minimum atomic E-state index is -4.45. The van der Waals surface area contributed by atoms with Crippen LogP contribution < -0.4 is 5.32 Å². The van der Waals surface area contributed by atoms with Crippen LogP contribution in [0.1, 0.15) is 284 Å². The van der Waals surface area contributed by atoms with E-state index in [1.165, 1.54) is 167 Å². The Kier molecular flexibility index (Phi) is 50.9. The summed E-state index contributed by atoms with van der Waals surface area (Å²) in [6.07, 6.45) is 63.8. The maximum Gasteiger partial charge on any atom is 0.472 e. The van der Waals surface area contributed by atoms with Gasteiger partial charge in [0.05, 0.1) is 33.8 Å². The van der Waals surface area contributed by atoms with E-state index in [-0.39, 0.29) is 31.5 Å². The van der Waals surface area contributed by atoms with Crippen LogP contribution in [-0.2, 0) is 27.9 Å². The van der Waals surface area contributed by atoms with Crippen molar-refractivity contribution in [2.45, 2.75) is 296 Å². The third-order valence-corrected chi connectivity index (χ3v) is 14.5. The Bertz CT molecular complexity index is 1380. The molecule has 0 fully saturated rings. The summed E-state index contributed by atoms with van der Waals surface area (Å²) < 4.78 is 30.6. The van der Waals surface area contributed by atoms with Crippen molar-refractivity contribution >= 4 is 19.7 Å². The third kappa shape index (κ3) is 52.8. The van der Waals surface area contributed by atoms with Gasteiger partial charge in [0.15, 0.2) is 0 Å². The summed E-state index contributed by atoms with van der Waals surface area (Å²) in [5.41, 5.74) is 0. The number of quaternary nitrogens is 1. The standard InChI is InChI=1S/C62H117N2O7P/c1-7-10-13-16-19-22-25-27-29-31-32-33-35-37-40-43-46-49-52-55-62(66)71-60(53-50-47-44-41-38-24-21-18-15-12-9-3)59(58-70-72(67,68)69-57-56-64(4,5)6)63-61(65)54-51-48-45-42-39-36-34-30-28-26-23-20-17-14-11-8-2/h19,22,27,29,32-33,50,53,59-60H,7-18,20-21,23-26,28,30-31,34-49,51-52,54-58H2,1-6H3,(H-,63,65,67,68)/p+1/b22-19-,29-27-,33-32-,53-50+. The lowest BCUT2D eigenvalue weighted by molar-refractivity contribution is -0.870. The number of unbranched alkanes of at least 4 members (excludes halogenated alkanes) is 33. The van der Waals surface area contributed by atoms with E-state index < -0.39 is 20.0 Å². The first-order chi connectivity index (χ1) is 34.9. The number of allylic oxidation sites excluding steroid dienone is 7. The first kappa shape index (κ1) is 70.0. The molecule has 0 aromatic heterocycles. The molecular weight excluding hydrogens is 916 g/mol. The molecule has 0 aromatic carbocycles. The van der Waals surface area contributed by atoms with Gasteiger partial charge < -0.3 is 19.4 Å². The number of esters is 1. The highest BCUT2D eigenvalue weighted by Crippen LogP contribution is 2.43. The number of amides is 1. The van der Waals surface area contributed by atoms with Gasteiger partial charge in [0.25, 0.3) is 0 Å². The Morgan fingerprint density at radius 2 is 0.847 bits per heavy atom. The van der Waals surface area contributed by atoms with Crippen molar-refractivity contribution < 1.29 is 37.3 Å². The minimum Gasteiger partial charge on any atom is -0.456 e. The quantitative estimate of drug-likeness (QED) is 0.0205. The number of phosphoric ester groups is 1. The number of rotatable bonds is 55. The van der Waals surface area contributed by atoms with Gasteiger partial charge in [-0.1, -0.05) is 250 Å². The van der Waals surface area contributed by atoms with Gasteiger partial charge >= 0.3 is 13.8 Å². The van der Waals surface area contributed by atoms with Crippen LogP contribution >= 0.6 is 7.82 Å². The van der Waals surface area contributed by atoms with Crippen LogP contribution in [0.25, 0.3) is 0 Å². The molecule has 0 bridgehead atoms. The molecule has 0 aromatic rings. The number of hydrogen-bond acceptors (Lipinski definition) is 6. The van der Waals surface area contributed by atoms with E-state index in [4.69, 9.17) is 13.8 Å². The number of nitrogens with zero attached hydrogens (tertiary/aromatic N) is 1. The monoisotopic (exact) mass is 1030 g/mol. The molecule has 0 saturated carbocycles. The Labute approximate surface area is 446 Å². The highest BCUT2D eigenvalue weighted by Gasteiger charge is 2.30. The lowest BCUT2D eigenvalue weighted by atomic mass is 10.0. The van der Waals surface area contributed by atoms with E-state index >= 15 is 0 Å². The van der Waals surface area contributed by atoms with E-state index in [0.29, 0.717) is 17.4 Å². The average Bonchev–Trinajstić information content (AvgIpc) is 3.34. The van der Waals surface area contributed by atoms with Crippen molar-refractivity contribution in [1.82, 2.24) is 5.32 Å². The summed E-state index contributed by atoms with van der Waals surface area (Å²) in [6.45, 7) is 6.99. The lowest BCUT2D eigenvalue weighted by Gasteiger charge is -2.27. The van der Waals surface area contributed by atoms with Crippen LogP contribution in [0.15, 0.2) is 48.6 Å². The van der Waals surface area contributed by atoms with Gasteiger partial charge in [0, 0.05) is 12.8 Å². The molecule has 0 aliphatic rings. The second-order valence-corrected chi connectivity index (χ2v) is 23.3. The summed E-state index contributed by atoms with van der Waals surface area (Å²) in [6, 6.07) is -0.850. The summed E-state index contributed by atoms with van der Waals surface area (Å²) in [4.78, 5) is 37.6. The number of carbonyl (C=O) groups is 2.